The normalized spacial score (nSPS) is 11.2. The minimum atomic E-state index is -3.71. The molecule has 0 atom stereocenters. The summed E-state index contributed by atoms with van der Waals surface area (Å²) in [5.41, 5.74) is 0.923. The van der Waals surface area contributed by atoms with Gasteiger partial charge in [0.2, 0.25) is 0 Å². The molecule has 3 aromatic rings. The summed E-state index contributed by atoms with van der Waals surface area (Å²) in [5, 5.41) is 8.74. The van der Waals surface area contributed by atoms with Gasteiger partial charge in [0.15, 0.2) is 5.13 Å². The van der Waals surface area contributed by atoms with Crippen LogP contribution in [0.1, 0.15) is 17.4 Å². The fourth-order valence-electron chi connectivity index (χ4n) is 2.14. The van der Waals surface area contributed by atoms with E-state index in [1.165, 1.54) is 41.8 Å². The molecule has 3 rings (SSSR count). The smallest absolute Gasteiger partial charge is 0.273 e. The Morgan fingerprint density at radius 3 is 2.60 bits per heavy atom. The molecule has 0 radical (unpaired) electrons. The summed E-state index contributed by atoms with van der Waals surface area (Å²) >= 11 is 1.19. The van der Waals surface area contributed by atoms with Gasteiger partial charge in [-0.3, -0.25) is 14.2 Å². The first kappa shape index (κ1) is 17.1. The van der Waals surface area contributed by atoms with E-state index in [4.69, 9.17) is 0 Å². The van der Waals surface area contributed by atoms with Gasteiger partial charge in [-0.2, -0.15) is 5.10 Å². The molecule has 0 saturated heterocycles. The van der Waals surface area contributed by atoms with E-state index in [0.717, 1.165) is 0 Å². The van der Waals surface area contributed by atoms with Crippen molar-refractivity contribution in [1.29, 1.82) is 0 Å². The number of carbonyl (C=O) groups excluding carboxylic acids is 1. The summed E-state index contributed by atoms with van der Waals surface area (Å²) in [6.07, 6.45) is 3.07. The lowest BCUT2D eigenvalue weighted by Gasteiger charge is -2.08. The maximum Gasteiger partial charge on any atom is 0.273 e. The van der Waals surface area contributed by atoms with Crippen molar-refractivity contribution in [2.75, 3.05) is 10.0 Å². The summed E-state index contributed by atoms with van der Waals surface area (Å²) in [7, 11) is -3.71. The highest BCUT2D eigenvalue weighted by atomic mass is 32.2. The second kappa shape index (κ2) is 7.03. The highest BCUT2D eigenvalue weighted by Gasteiger charge is 2.16. The molecule has 0 aliphatic carbocycles. The van der Waals surface area contributed by atoms with Gasteiger partial charge >= 0.3 is 0 Å². The molecule has 0 spiro atoms. The molecule has 0 bridgehead atoms. The number of thiazole rings is 1. The Morgan fingerprint density at radius 1 is 1.20 bits per heavy atom. The molecule has 0 saturated carbocycles. The van der Waals surface area contributed by atoms with Crippen molar-refractivity contribution in [1.82, 2.24) is 14.8 Å². The van der Waals surface area contributed by atoms with Gasteiger partial charge < -0.3 is 5.32 Å². The van der Waals surface area contributed by atoms with E-state index in [2.05, 4.69) is 20.1 Å². The molecule has 130 valence electrons. The Morgan fingerprint density at radius 2 is 1.96 bits per heavy atom. The first-order chi connectivity index (χ1) is 12.0. The average molecular weight is 377 g/mol. The highest BCUT2D eigenvalue weighted by Crippen LogP contribution is 2.19. The standard InChI is InChI=1S/C15H15N5O3S2/c1-2-20-13(7-8-17-20)14(21)18-11-3-5-12(6-4-11)25(22,23)19-15-16-9-10-24-15/h3-10H,2H2,1H3,(H,16,19)(H,18,21). The van der Waals surface area contributed by atoms with Crippen LogP contribution in [0.25, 0.3) is 0 Å². The van der Waals surface area contributed by atoms with Gasteiger partial charge in [0.25, 0.3) is 15.9 Å². The van der Waals surface area contributed by atoms with E-state index >= 15 is 0 Å². The Bertz CT molecular complexity index is 963. The second-order valence-electron chi connectivity index (χ2n) is 4.95. The van der Waals surface area contributed by atoms with Crippen LogP contribution >= 0.6 is 11.3 Å². The van der Waals surface area contributed by atoms with Crippen molar-refractivity contribution in [3.8, 4) is 0 Å². The molecule has 10 heteroatoms. The van der Waals surface area contributed by atoms with E-state index < -0.39 is 10.0 Å². The fourth-order valence-corrected chi connectivity index (χ4v) is 3.93. The van der Waals surface area contributed by atoms with E-state index in [1.54, 1.807) is 22.3 Å². The third kappa shape index (κ3) is 3.86. The molecule has 0 fully saturated rings. The largest absolute Gasteiger partial charge is 0.321 e. The van der Waals surface area contributed by atoms with Gasteiger partial charge in [-0.25, -0.2) is 13.4 Å². The van der Waals surface area contributed by atoms with Crippen LogP contribution in [-0.2, 0) is 16.6 Å². The summed E-state index contributed by atoms with van der Waals surface area (Å²) in [4.78, 5) is 16.2. The fraction of sp³-hybridized carbons (Fsp3) is 0.133. The minimum Gasteiger partial charge on any atom is -0.321 e. The van der Waals surface area contributed by atoms with Crippen LogP contribution in [0, 0.1) is 0 Å². The molecule has 8 nitrogen and oxygen atoms in total. The monoisotopic (exact) mass is 377 g/mol. The van der Waals surface area contributed by atoms with Gasteiger partial charge in [-0.15, -0.1) is 11.3 Å². The van der Waals surface area contributed by atoms with Gasteiger partial charge in [0.1, 0.15) is 5.69 Å². The molecular formula is C15H15N5O3S2. The number of amides is 1. The average Bonchev–Trinajstić information content (AvgIpc) is 3.26. The number of carbonyl (C=O) groups is 1. The zero-order valence-electron chi connectivity index (χ0n) is 13.2. The SMILES string of the molecule is CCn1nccc1C(=O)Nc1ccc(S(=O)(=O)Nc2nccs2)cc1. The first-order valence-electron chi connectivity index (χ1n) is 7.35. The van der Waals surface area contributed by atoms with Crippen LogP contribution in [0.5, 0.6) is 0 Å². The molecule has 1 aromatic carbocycles. The Balaban J connectivity index is 1.73. The number of aromatic nitrogens is 3. The molecular weight excluding hydrogens is 362 g/mol. The first-order valence-corrected chi connectivity index (χ1v) is 9.71. The van der Waals surface area contributed by atoms with Crippen LogP contribution < -0.4 is 10.0 Å². The third-order valence-corrected chi connectivity index (χ3v) is 5.50. The van der Waals surface area contributed by atoms with Crippen molar-refractivity contribution in [3.05, 3.63) is 53.8 Å². The van der Waals surface area contributed by atoms with Crippen LogP contribution in [0.15, 0.2) is 53.0 Å². The maximum absolute atomic E-state index is 12.3. The number of hydrogen-bond donors (Lipinski definition) is 2. The minimum absolute atomic E-state index is 0.0827. The van der Waals surface area contributed by atoms with E-state index in [9.17, 15) is 13.2 Å². The van der Waals surface area contributed by atoms with Crippen LogP contribution in [-0.4, -0.2) is 29.1 Å². The molecule has 2 heterocycles. The Kier molecular flexibility index (Phi) is 4.81. The number of nitrogens with one attached hydrogen (secondary N) is 2. The topological polar surface area (TPSA) is 106 Å². The van der Waals surface area contributed by atoms with E-state index in [0.29, 0.717) is 23.1 Å². The molecule has 2 N–H and O–H groups in total. The van der Waals surface area contributed by atoms with Gasteiger partial charge in [-0.1, -0.05) is 0 Å². The number of aryl methyl sites for hydroxylation is 1. The maximum atomic E-state index is 12.3. The van der Waals surface area contributed by atoms with Crippen molar-refractivity contribution in [3.63, 3.8) is 0 Å². The Hall–Kier alpha value is -2.72. The molecule has 25 heavy (non-hydrogen) atoms. The summed E-state index contributed by atoms with van der Waals surface area (Å²) < 4.78 is 28.5. The summed E-state index contributed by atoms with van der Waals surface area (Å²) in [6, 6.07) is 7.52. The quantitative estimate of drug-likeness (QED) is 0.686. The van der Waals surface area contributed by atoms with Gasteiger partial charge in [-0.05, 0) is 37.3 Å². The van der Waals surface area contributed by atoms with Crippen molar-refractivity contribution < 1.29 is 13.2 Å². The summed E-state index contributed by atoms with van der Waals surface area (Å²) in [6.45, 7) is 2.47. The van der Waals surface area contributed by atoms with Crippen LogP contribution in [0.4, 0.5) is 10.8 Å². The summed E-state index contributed by atoms with van der Waals surface area (Å²) in [5.74, 6) is -0.309. The number of rotatable bonds is 6. The lowest BCUT2D eigenvalue weighted by molar-refractivity contribution is 0.101. The second-order valence-corrected chi connectivity index (χ2v) is 7.53. The molecule has 0 aliphatic heterocycles. The lowest BCUT2D eigenvalue weighted by Crippen LogP contribution is -2.17. The molecule has 0 unspecified atom stereocenters. The van der Waals surface area contributed by atoms with E-state index in [-0.39, 0.29) is 10.8 Å². The predicted molar refractivity (Wildman–Crippen MR) is 95.2 cm³/mol. The number of anilines is 2. The number of sulfonamides is 1. The molecule has 2 aromatic heterocycles. The van der Waals surface area contributed by atoms with E-state index in [1.807, 2.05) is 6.92 Å². The third-order valence-electron chi connectivity index (χ3n) is 3.33. The lowest BCUT2D eigenvalue weighted by atomic mass is 10.3. The number of nitrogens with zero attached hydrogens (tertiary/aromatic N) is 3. The van der Waals surface area contributed by atoms with Crippen molar-refractivity contribution in [2.45, 2.75) is 18.4 Å². The predicted octanol–water partition coefficient (Wildman–Crippen LogP) is 2.41. The van der Waals surface area contributed by atoms with Crippen LogP contribution in [0.3, 0.4) is 0 Å². The van der Waals surface area contributed by atoms with Crippen LogP contribution in [0.2, 0.25) is 0 Å². The zero-order valence-corrected chi connectivity index (χ0v) is 14.8. The van der Waals surface area contributed by atoms with Gasteiger partial charge in [0, 0.05) is 30.0 Å². The zero-order chi connectivity index (χ0) is 17.9. The van der Waals surface area contributed by atoms with Crippen molar-refractivity contribution in [2.24, 2.45) is 0 Å². The highest BCUT2D eigenvalue weighted by molar-refractivity contribution is 7.93. The van der Waals surface area contributed by atoms with Crippen molar-refractivity contribution >= 4 is 38.1 Å². The number of benzene rings is 1. The van der Waals surface area contributed by atoms with Gasteiger partial charge in [0.05, 0.1) is 4.90 Å². The molecule has 1 amide bonds. The number of hydrogen-bond acceptors (Lipinski definition) is 6. The Labute approximate surface area is 148 Å². The molecule has 0 aliphatic rings.